The van der Waals surface area contributed by atoms with Crippen molar-refractivity contribution in [3.63, 3.8) is 0 Å². The van der Waals surface area contributed by atoms with Gasteiger partial charge in [0, 0.05) is 26.9 Å². The van der Waals surface area contributed by atoms with Crippen molar-refractivity contribution in [1.82, 2.24) is 0 Å². The molecule has 1 aromatic carbocycles. The molecule has 1 aromatic rings. The van der Waals surface area contributed by atoms with E-state index < -0.39 is 0 Å². The predicted molar refractivity (Wildman–Crippen MR) is 83.5 cm³/mol. The summed E-state index contributed by atoms with van der Waals surface area (Å²) in [6.07, 6.45) is 5.20. The maximum atomic E-state index is 5.46. The highest BCUT2D eigenvalue weighted by atomic mass is 127. The van der Waals surface area contributed by atoms with Crippen LogP contribution >= 0.6 is 38.5 Å². The molecule has 1 aliphatic rings. The number of benzene rings is 1. The van der Waals surface area contributed by atoms with Crippen LogP contribution in [0.25, 0.3) is 0 Å². The molecular formula is C13H17BrINO. The zero-order chi connectivity index (χ0) is 12.3. The van der Waals surface area contributed by atoms with E-state index in [0.29, 0.717) is 12.1 Å². The standard InChI is InChI=1S/C13H17BrINO/c1-17-11-4-2-3-10(8-11)16-13-7-9(15)5-6-12(13)14/h5-7,10-11,16H,2-4,8H2,1H3. The minimum Gasteiger partial charge on any atom is -0.381 e. The Labute approximate surface area is 125 Å². The average Bonchev–Trinajstić information content (AvgIpc) is 2.34. The molecule has 0 amide bonds. The molecule has 0 aliphatic heterocycles. The molecule has 0 bridgehead atoms. The van der Waals surface area contributed by atoms with Crippen LogP contribution in [0.1, 0.15) is 25.7 Å². The number of halogens is 2. The summed E-state index contributed by atoms with van der Waals surface area (Å²) in [5, 5.41) is 3.62. The molecule has 1 N–H and O–H groups in total. The Morgan fingerprint density at radius 2 is 2.24 bits per heavy atom. The van der Waals surface area contributed by atoms with E-state index in [0.717, 1.165) is 10.9 Å². The van der Waals surface area contributed by atoms with Crippen molar-refractivity contribution in [2.75, 3.05) is 12.4 Å². The summed E-state index contributed by atoms with van der Waals surface area (Å²) in [6.45, 7) is 0. The van der Waals surface area contributed by atoms with E-state index in [-0.39, 0.29) is 0 Å². The van der Waals surface area contributed by atoms with E-state index in [1.54, 1.807) is 0 Å². The van der Waals surface area contributed by atoms with Crippen molar-refractivity contribution in [3.8, 4) is 0 Å². The van der Waals surface area contributed by atoms with Crippen molar-refractivity contribution in [2.24, 2.45) is 0 Å². The van der Waals surface area contributed by atoms with E-state index >= 15 is 0 Å². The third-order valence-electron chi connectivity index (χ3n) is 3.25. The topological polar surface area (TPSA) is 21.3 Å². The smallest absolute Gasteiger partial charge is 0.0590 e. The van der Waals surface area contributed by atoms with Crippen LogP contribution in [0, 0.1) is 3.57 Å². The first-order valence-electron chi connectivity index (χ1n) is 5.93. The average molecular weight is 410 g/mol. The van der Waals surface area contributed by atoms with Crippen LogP contribution in [0.15, 0.2) is 22.7 Å². The molecule has 17 heavy (non-hydrogen) atoms. The zero-order valence-corrected chi connectivity index (χ0v) is 13.6. The molecule has 1 saturated carbocycles. The summed E-state index contributed by atoms with van der Waals surface area (Å²) < 4.78 is 7.85. The molecule has 2 unspecified atom stereocenters. The summed E-state index contributed by atoms with van der Waals surface area (Å²) in [7, 11) is 1.81. The van der Waals surface area contributed by atoms with E-state index in [1.807, 2.05) is 7.11 Å². The second kappa shape index (κ2) is 6.38. The monoisotopic (exact) mass is 409 g/mol. The van der Waals surface area contributed by atoms with Gasteiger partial charge in [-0.15, -0.1) is 0 Å². The Morgan fingerprint density at radius 1 is 1.41 bits per heavy atom. The summed E-state index contributed by atoms with van der Waals surface area (Å²) in [5.41, 5.74) is 1.19. The van der Waals surface area contributed by atoms with Crippen molar-refractivity contribution in [3.05, 3.63) is 26.2 Å². The van der Waals surface area contributed by atoms with Gasteiger partial charge in [-0.2, -0.15) is 0 Å². The number of methoxy groups -OCH3 is 1. The third-order valence-corrected chi connectivity index (χ3v) is 4.61. The molecule has 4 heteroatoms. The molecular weight excluding hydrogens is 393 g/mol. The van der Waals surface area contributed by atoms with Crippen molar-refractivity contribution < 1.29 is 4.74 Å². The molecule has 0 aromatic heterocycles. The van der Waals surface area contributed by atoms with Gasteiger partial charge in [-0.1, -0.05) is 0 Å². The van der Waals surface area contributed by atoms with E-state index in [2.05, 4.69) is 62.0 Å². The van der Waals surface area contributed by atoms with Crippen LogP contribution in [-0.2, 0) is 4.74 Å². The minimum atomic E-state index is 0.419. The van der Waals surface area contributed by atoms with Gasteiger partial charge in [0.1, 0.15) is 0 Å². The number of rotatable bonds is 3. The highest BCUT2D eigenvalue weighted by Crippen LogP contribution is 2.29. The summed E-state index contributed by atoms with van der Waals surface area (Å²) in [6, 6.07) is 6.92. The molecule has 0 saturated heterocycles. The fraction of sp³-hybridized carbons (Fsp3) is 0.538. The first kappa shape index (κ1) is 13.6. The van der Waals surface area contributed by atoms with Crippen LogP contribution in [-0.4, -0.2) is 19.3 Å². The van der Waals surface area contributed by atoms with Gasteiger partial charge in [-0.05, 0) is 82.4 Å². The van der Waals surface area contributed by atoms with Crippen LogP contribution < -0.4 is 5.32 Å². The SMILES string of the molecule is COC1CCCC(Nc2cc(I)ccc2Br)C1. The largest absolute Gasteiger partial charge is 0.381 e. The number of nitrogens with one attached hydrogen (secondary N) is 1. The number of hydrogen-bond acceptors (Lipinski definition) is 2. The highest BCUT2D eigenvalue weighted by Gasteiger charge is 2.21. The molecule has 2 atom stereocenters. The molecule has 0 radical (unpaired) electrons. The van der Waals surface area contributed by atoms with Gasteiger partial charge in [0.15, 0.2) is 0 Å². The van der Waals surface area contributed by atoms with E-state index in [9.17, 15) is 0 Å². The Morgan fingerprint density at radius 3 is 3.00 bits per heavy atom. The first-order chi connectivity index (χ1) is 8.19. The molecule has 2 rings (SSSR count). The summed E-state index contributed by atoms with van der Waals surface area (Å²) >= 11 is 5.93. The van der Waals surface area contributed by atoms with Crippen molar-refractivity contribution in [1.29, 1.82) is 0 Å². The van der Waals surface area contributed by atoms with Crippen LogP contribution in [0.3, 0.4) is 0 Å². The normalized spacial score (nSPS) is 24.6. The van der Waals surface area contributed by atoms with E-state index in [4.69, 9.17) is 4.74 Å². The summed E-state index contributed by atoms with van der Waals surface area (Å²) in [4.78, 5) is 0. The van der Waals surface area contributed by atoms with Crippen LogP contribution in [0.2, 0.25) is 0 Å². The van der Waals surface area contributed by atoms with E-state index in [1.165, 1.54) is 28.5 Å². The van der Waals surface area contributed by atoms with Gasteiger partial charge in [-0.3, -0.25) is 0 Å². The first-order valence-corrected chi connectivity index (χ1v) is 7.80. The second-order valence-electron chi connectivity index (χ2n) is 4.49. The Kier molecular flexibility index (Phi) is 5.11. The Balaban J connectivity index is 2.02. The number of ether oxygens (including phenoxy) is 1. The Bertz CT molecular complexity index is 386. The summed E-state index contributed by atoms with van der Waals surface area (Å²) in [5.74, 6) is 0. The van der Waals surface area contributed by atoms with Gasteiger partial charge in [-0.25, -0.2) is 0 Å². The second-order valence-corrected chi connectivity index (χ2v) is 6.59. The zero-order valence-electron chi connectivity index (χ0n) is 9.88. The molecule has 2 nitrogen and oxygen atoms in total. The highest BCUT2D eigenvalue weighted by molar-refractivity contribution is 14.1. The maximum Gasteiger partial charge on any atom is 0.0590 e. The minimum absolute atomic E-state index is 0.419. The van der Waals surface area contributed by atoms with Crippen molar-refractivity contribution in [2.45, 2.75) is 37.8 Å². The van der Waals surface area contributed by atoms with Gasteiger partial charge in [0.2, 0.25) is 0 Å². The van der Waals surface area contributed by atoms with Crippen LogP contribution in [0.4, 0.5) is 5.69 Å². The lowest BCUT2D eigenvalue weighted by molar-refractivity contribution is 0.0669. The maximum absolute atomic E-state index is 5.46. The Hall–Kier alpha value is 0.190. The molecule has 0 spiro atoms. The lowest BCUT2D eigenvalue weighted by Crippen LogP contribution is -2.31. The third kappa shape index (κ3) is 3.83. The van der Waals surface area contributed by atoms with Crippen molar-refractivity contribution >= 4 is 44.2 Å². The predicted octanol–water partition coefficient (Wildman–Crippen LogP) is 4.42. The fourth-order valence-electron chi connectivity index (χ4n) is 2.32. The number of hydrogen-bond donors (Lipinski definition) is 1. The quantitative estimate of drug-likeness (QED) is 0.746. The lowest BCUT2D eigenvalue weighted by Gasteiger charge is -2.29. The van der Waals surface area contributed by atoms with Gasteiger partial charge in [0.05, 0.1) is 6.10 Å². The molecule has 1 aliphatic carbocycles. The van der Waals surface area contributed by atoms with Crippen LogP contribution in [0.5, 0.6) is 0 Å². The fourth-order valence-corrected chi connectivity index (χ4v) is 3.17. The van der Waals surface area contributed by atoms with Gasteiger partial charge in [0.25, 0.3) is 0 Å². The molecule has 0 heterocycles. The number of anilines is 1. The molecule has 94 valence electrons. The van der Waals surface area contributed by atoms with Gasteiger partial charge < -0.3 is 10.1 Å². The van der Waals surface area contributed by atoms with Gasteiger partial charge >= 0.3 is 0 Å². The lowest BCUT2D eigenvalue weighted by atomic mass is 9.92. The molecule has 1 fully saturated rings.